The van der Waals surface area contributed by atoms with Gasteiger partial charge in [-0.05, 0) is 49.5 Å². The summed E-state index contributed by atoms with van der Waals surface area (Å²) in [5.41, 5.74) is 1.46. The van der Waals surface area contributed by atoms with E-state index in [4.69, 9.17) is 16.3 Å². The maximum Gasteiger partial charge on any atom is 0.244 e. The van der Waals surface area contributed by atoms with E-state index in [0.717, 1.165) is 49.9 Å². The Morgan fingerprint density at radius 1 is 1.16 bits per heavy atom. The zero-order chi connectivity index (χ0) is 21.7. The van der Waals surface area contributed by atoms with Gasteiger partial charge in [-0.25, -0.2) is 4.39 Å². The molecule has 0 aliphatic carbocycles. The Morgan fingerprint density at radius 3 is 2.68 bits per heavy atom. The van der Waals surface area contributed by atoms with Gasteiger partial charge in [0.25, 0.3) is 0 Å². The van der Waals surface area contributed by atoms with Crippen LogP contribution in [0.1, 0.15) is 36.8 Å². The van der Waals surface area contributed by atoms with E-state index < -0.39 is 0 Å². The quantitative estimate of drug-likeness (QED) is 0.652. The van der Waals surface area contributed by atoms with Crippen molar-refractivity contribution in [1.82, 2.24) is 10.2 Å². The summed E-state index contributed by atoms with van der Waals surface area (Å²) in [6, 6.07) is 14.4. The zero-order valence-corrected chi connectivity index (χ0v) is 18.3. The molecule has 2 heterocycles. The van der Waals surface area contributed by atoms with Crippen LogP contribution in [0.2, 0.25) is 5.02 Å². The third kappa shape index (κ3) is 5.73. The van der Waals surface area contributed by atoms with E-state index in [1.165, 1.54) is 12.1 Å². The minimum atomic E-state index is -0.149. The molecule has 4 nitrogen and oxygen atoms in total. The molecule has 2 saturated heterocycles. The first kappa shape index (κ1) is 22.0. The van der Waals surface area contributed by atoms with E-state index in [2.05, 4.69) is 10.2 Å². The summed E-state index contributed by atoms with van der Waals surface area (Å²) in [4.78, 5) is 14.5. The molecular weight excluding hydrogens is 415 g/mol. The van der Waals surface area contributed by atoms with Crippen LogP contribution >= 0.6 is 11.6 Å². The summed E-state index contributed by atoms with van der Waals surface area (Å²) in [6.07, 6.45) is 7.11. The fraction of sp³-hybridized carbons (Fsp3) is 0.400. The largest absolute Gasteiger partial charge is 0.370 e. The predicted molar refractivity (Wildman–Crippen MR) is 121 cm³/mol. The standard InChI is InChI=1S/C25H28ClFN2O2/c26-22-7-3-1-5-19(22)9-10-24(30)28-17-21-11-12-25(31-21)13-15-29(16-14-25)18-20-6-2-4-8-23(20)27/h1-10,21H,11-18H2,(H,28,30)/b10-9+/t21-/m1/s1. The summed E-state index contributed by atoms with van der Waals surface area (Å²) in [7, 11) is 0. The Kier molecular flexibility index (Phi) is 7.06. The molecule has 0 saturated carbocycles. The molecule has 0 unspecified atom stereocenters. The minimum Gasteiger partial charge on any atom is -0.370 e. The van der Waals surface area contributed by atoms with Crippen LogP contribution in [0.15, 0.2) is 54.6 Å². The number of nitrogens with zero attached hydrogens (tertiary/aromatic N) is 1. The molecule has 2 aliphatic heterocycles. The first-order chi connectivity index (χ1) is 15.0. The molecule has 1 spiro atoms. The highest BCUT2D eigenvalue weighted by Crippen LogP contribution is 2.39. The zero-order valence-electron chi connectivity index (χ0n) is 17.5. The van der Waals surface area contributed by atoms with Gasteiger partial charge in [0, 0.05) is 42.8 Å². The van der Waals surface area contributed by atoms with Crippen molar-refractivity contribution in [3.63, 3.8) is 0 Å². The van der Waals surface area contributed by atoms with Gasteiger partial charge in [0.1, 0.15) is 5.82 Å². The van der Waals surface area contributed by atoms with Crippen LogP contribution in [0, 0.1) is 5.82 Å². The monoisotopic (exact) mass is 442 g/mol. The number of carbonyl (C=O) groups excluding carboxylic acids is 1. The molecule has 2 aliphatic rings. The van der Waals surface area contributed by atoms with E-state index >= 15 is 0 Å². The fourth-order valence-electron chi connectivity index (χ4n) is 4.44. The summed E-state index contributed by atoms with van der Waals surface area (Å²) >= 11 is 6.11. The summed E-state index contributed by atoms with van der Waals surface area (Å²) in [5, 5.41) is 3.56. The molecule has 2 aromatic rings. The third-order valence-electron chi connectivity index (χ3n) is 6.28. The Labute approximate surface area is 188 Å². The Bertz CT molecular complexity index is 941. The minimum absolute atomic E-state index is 0.0378. The van der Waals surface area contributed by atoms with Crippen LogP contribution in [-0.2, 0) is 16.1 Å². The van der Waals surface area contributed by atoms with Crippen LogP contribution in [0.4, 0.5) is 4.39 Å². The number of carbonyl (C=O) groups is 1. The molecule has 1 amide bonds. The molecule has 1 N–H and O–H groups in total. The van der Waals surface area contributed by atoms with Crippen LogP contribution in [-0.4, -0.2) is 42.1 Å². The smallest absolute Gasteiger partial charge is 0.244 e. The predicted octanol–water partition coefficient (Wildman–Crippen LogP) is 4.82. The lowest BCUT2D eigenvalue weighted by Gasteiger charge is -2.39. The van der Waals surface area contributed by atoms with Gasteiger partial charge in [0.15, 0.2) is 0 Å². The number of piperidine rings is 1. The van der Waals surface area contributed by atoms with Crippen LogP contribution in [0.5, 0.6) is 0 Å². The summed E-state index contributed by atoms with van der Waals surface area (Å²) in [6.45, 7) is 2.94. The lowest BCUT2D eigenvalue weighted by atomic mass is 9.88. The number of benzene rings is 2. The van der Waals surface area contributed by atoms with Gasteiger partial charge in [-0.3, -0.25) is 9.69 Å². The van der Waals surface area contributed by atoms with Gasteiger partial charge in [-0.2, -0.15) is 0 Å². The summed E-state index contributed by atoms with van der Waals surface area (Å²) in [5.74, 6) is -0.288. The van der Waals surface area contributed by atoms with Gasteiger partial charge in [-0.15, -0.1) is 0 Å². The Balaban J connectivity index is 1.21. The number of likely N-dealkylation sites (tertiary alicyclic amines) is 1. The third-order valence-corrected chi connectivity index (χ3v) is 6.63. The maximum atomic E-state index is 13.9. The van der Waals surface area contributed by atoms with Crippen molar-refractivity contribution >= 4 is 23.6 Å². The van der Waals surface area contributed by atoms with Crippen molar-refractivity contribution in [3.05, 3.63) is 76.6 Å². The highest BCUT2D eigenvalue weighted by Gasteiger charge is 2.42. The van der Waals surface area contributed by atoms with Crippen molar-refractivity contribution in [1.29, 1.82) is 0 Å². The SMILES string of the molecule is O=C(/C=C/c1ccccc1Cl)NC[C@H]1CCC2(CCN(Cc3ccccc3F)CC2)O1. The van der Waals surface area contributed by atoms with E-state index in [0.29, 0.717) is 18.1 Å². The van der Waals surface area contributed by atoms with Crippen LogP contribution in [0.3, 0.4) is 0 Å². The first-order valence-corrected chi connectivity index (χ1v) is 11.2. The molecule has 6 heteroatoms. The second-order valence-electron chi connectivity index (χ2n) is 8.43. The lowest BCUT2D eigenvalue weighted by molar-refractivity contribution is -0.118. The molecule has 31 heavy (non-hydrogen) atoms. The van der Waals surface area contributed by atoms with Gasteiger partial charge in [-0.1, -0.05) is 48.0 Å². The molecule has 0 bridgehead atoms. The lowest BCUT2D eigenvalue weighted by Crippen LogP contribution is -2.44. The molecule has 1 atom stereocenters. The van der Waals surface area contributed by atoms with Crippen molar-refractivity contribution in [3.8, 4) is 0 Å². The number of amides is 1. The van der Waals surface area contributed by atoms with Gasteiger partial charge in [0.05, 0.1) is 11.7 Å². The highest BCUT2D eigenvalue weighted by molar-refractivity contribution is 6.32. The Hall–Kier alpha value is -2.21. The normalized spacial score (nSPS) is 21.0. The van der Waals surface area contributed by atoms with Crippen LogP contribution < -0.4 is 5.32 Å². The molecule has 2 fully saturated rings. The number of hydrogen-bond donors (Lipinski definition) is 1. The molecule has 164 valence electrons. The van der Waals surface area contributed by atoms with E-state index in [-0.39, 0.29) is 23.4 Å². The Morgan fingerprint density at radius 2 is 1.90 bits per heavy atom. The number of hydrogen-bond acceptors (Lipinski definition) is 3. The fourth-order valence-corrected chi connectivity index (χ4v) is 4.64. The molecule has 2 aromatic carbocycles. The topological polar surface area (TPSA) is 41.6 Å². The van der Waals surface area contributed by atoms with Gasteiger partial charge in [0.2, 0.25) is 5.91 Å². The molecule has 0 radical (unpaired) electrons. The number of nitrogens with one attached hydrogen (secondary N) is 1. The number of ether oxygens (including phenoxy) is 1. The molecule has 0 aromatic heterocycles. The van der Waals surface area contributed by atoms with E-state index in [1.54, 1.807) is 18.2 Å². The van der Waals surface area contributed by atoms with Crippen molar-refractivity contribution in [2.24, 2.45) is 0 Å². The van der Waals surface area contributed by atoms with Crippen molar-refractivity contribution in [2.45, 2.75) is 43.9 Å². The second kappa shape index (κ2) is 9.94. The molecule has 4 rings (SSSR count). The highest BCUT2D eigenvalue weighted by atomic mass is 35.5. The maximum absolute atomic E-state index is 13.9. The van der Waals surface area contributed by atoms with Gasteiger partial charge >= 0.3 is 0 Å². The summed E-state index contributed by atoms with van der Waals surface area (Å²) < 4.78 is 20.3. The van der Waals surface area contributed by atoms with Crippen molar-refractivity contribution < 1.29 is 13.9 Å². The van der Waals surface area contributed by atoms with E-state index in [1.807, 2.05) is 30.3 Å². The average Bonchev–Trinajstić information content (AvgIpc) is 3.17. The van der Waals surface area contributed by atoms with Gasteiger partial charge < -0.3 is 10.1 Å². The van der Waals surface area contributed by atoms with E-state index in [9.17, 15) is 9.18 Å². The molecular formula is C25H28ClFN2O2. The number of halogens is 2. The van der Waals surface area contributed by atoms with Crippen molar-refractivity contribution in [2.75, 3.05) is 19.6 Å². The average molecular weight is 443 g/mol. The van der Waals surface area contributed by atoms with Crippen LogP contribution in [0.25, 0.3) is 6.08 Å². The number of rotatable bonds is 6. The first-order valence-electron chi connectivity index (χ1n) is 10.9. The second-order valence-corrected chi connectivity index (χ2v) is 8.84.